The highest BCUT2D eigenvalue weighted by atomic mass is 16.5. The van der Waals surface area contributed by atoms with Crippen molar-refractivity contribution in [3.63, 3.8) is 0 Å². The fraction of sp³-hybridized carbons (Fsp3) is 0.619. The quantitative estimate of drug-likeness (QED) is 0.664. The third-order valence-corrected chi connectivity index (χ3v) is 5.53. The lowest BCUT2D eigenvalue weighted by atomic mass is 9.96. The molecule has 0 radical (unpaired) electrons. The van der Waals surface area contributed by atoms with E-state index in [-0.39, 0.29) is 0 Å². The topological polar surface area (TPSA) is 73.9 Å². The molecule has 0 aliphatic carbocycles. The van der Waals surface area contributed by atoms with Gasteiger partial charge in [0.25, 0.3) is 0 Å². The second-order valence-electron chi connectivity index (χ2n) is 7.63. The van der Waals surface area contributed by atoms with Crippen LogP contribution in [-0.2, 0) is 20.9 Å². The summed E-state index contributed by atoms with van der Waals surface area (Å²) in [6.07, 6.45) is 2.09. The fourth-order valence-corrected chi connectivity index (χ4v) is 3.74. The van der Waals surface area contributed by atoms with Crippen LogP contribution >= 0.6 is 0 Å². The molecule has 1 aromatic rings. The van der Waals surface area contributed by atoms with Gasteiger partial charge in [-0.25, -0.2) is 0 Å². The van der Waals surface area contributed by atoms with E-state index in [0.717, 1.165) is 65.3 Å². The van der Waals surface area contributed by atoms with E-state index in [1.807, 2.05) is 6.07 Å². The molecule has 2 N–H and O–H groups in total. The molecule has 154 valence electrons. The summed E-state index contributed by atoms with van der Waals surface area (Å²) in [6, 6.07) is 10.5. The number of nitrogens with one attached hydrogen (secondary N) is 2. The Hall–Kier alpha value is -1.96. The SMILES string of the molecule is O=C(NCCN1CCOCC1)C(=O)NCC1CCN(Cc2ccccc2)CC1. The van der Waals surface area contributed by atoms with E-state index in [0.29, 0.717) is 19.0 Å². The molecule has 2 fully saturated rings. The molecule has 2 heterocycles. The molecule has 7 nitrogen and oxygen atoms in total. The molecule has 0 aromatic heterocycles. The van der Waals surface area contributed by atoms with Crippen molar-refractivity contribution in [3.05, 3.63) is 35.9 Å². The van der Waals surface area contributed by atoms with Gasteiger partial charge in [-0.05, 0) is 37.4 Å². The minimum atomic E-state index is -0.533. The summed E-state index contributed by atoms with van der Waals surface area (Å²) >= 11 is 0. The van der Waals surface area contributed by atoms with Crippen LogP contribution in [0.1, 0.15) is 18.4 Å². The smallest absolute Gasteiger partial charge is 0.309 e. The molecular weight excluding hydrogens is 356 g/mol. The number of benzene rings is 1. The van der Waals surface area contributed by atoms with E-state index < -0.39 is 11.8 Å². The van der Waals surface area contributed by atoms with Gasteiger partial charge in [0.15, 0.2) is 0 Å². The third kappa shape index (κ3) is 6.89. The molecule has 28 heavy (non-hydrogen) atoms. The monoisotopic (exact) mass is 388 g/mol. The number of rotatable bonds is 7. The van der Waals surface area contributed by atoms with Gasteiger partial charge in [-0.1, -0.05) is 30.3 Å². The number of morpholine rings is 1. The van der Waals surface area contributed by atoms with Crippen LogP contribution in [0.3, 0.4) is 0 Å². The lowest BCUT2D eigenvalue weighted by Gasteiger charge is -2.32. The maximum absolute atomic E-state index is 12.0. The predicted octanol–water partition coefficient (Wildman–Crippen LogP) is 0.463. The van der Waals surface area contributed by atoms with Crippen molar-refractivity contribution in [1.29, 1.82) is 0 Å². The highest BCUT2D eigenvalue weighted by molar-refractivity contribution is 6.35. The van der Waals surface area contributed by atoms with Gasteiger partial charge in [-0.3, -0.25) is 19.4 Å². The first-order valence-corrected chi connectivity index (χ1v) is 10.3. The van der Waals surface area contributed by atoms with Crippen molar-refractivity contribution in [1.82, 2.24) is 20.4 Å². The van der Waals surface area contributed by atoms with Crippen LogP contribution in [0.25, 0.3) is 0 Å². The highest BCUT2D eigenvalue weighted by Crippen LogP contribution is 2.18. The van der Waals surface area contributed by atoms with Crippen LogP contribution in [0.15, 0.2) is 30.3 Å². The molecular formula is C21H32N4O3. The first kappa shape index (κ1) is 20.8. The Kier molecular flexibility index (Phi) is 8.26. The molecule has 3 rings (SSSR count). The van der Waals surface area contributed by atoms with Crippen molar-refractivity contribution < 1.29 is 14.3 Å². The molecule has 7 heteroatoms. The molecule has 2 saturated heterocycles. The van der Waals surface area contributed by atoms with E-state index in [1.54, 1.807) is 0 Å². The Bertz CT molecular complexity index is 611. The number of likely N-dealkylation sites (tertiary alicyclic amines) is 1. The van der Waals surface area contributed by atoms with Crippen LogP contribution in [0, 0.1) is 5.92 Å². The van der Waals surface area contributed by atoms with Crippen LogP contribution in [0.5, 0.6) is 0 Å². The summed E-state index contributed by atoms with van der Waals surface area (Å²) < 4.78 is 5.30. The van der Waals surface area contributed by atoms with Crippen molar-refractivity contribution in [2.45, 2.75) is 19.4 Å². The van der Waals surface area contributed by atoms with Crippen molar-refractivity contribution in [2.24, 2.45) is 5.92 Å². The van der Waals surface area contributed by atoms with Crippen LogP contribution < -0.4 is 10.6 Å². The number of hydrogen-bond donors (Lipinski definition) is 2. The lowest BCUT2D eigenvalue weighted by Crippen LogP contribution is -2.46. The predicted molar refractivity (Wildman–Crippen MR) is 108 cm³/mol. The maximum Gasteiger partial charge on any atom is 0.309 e. The molecule has 1 aromatic carbocycles. The fourth-order valence-electron chi connectivity index (χ4n) is 3.74. The number of ether oxygens (including phenoxy) is 1. The molecule has 0 saturated carbocycles. The minimum absolute atomic E-state index is 0.442. The van der Waals surface area contributed by atoms with Gasteiger partial charge in [0.2, 0.25) is 0 Å². The number of hydrogen-bond acceptors (Lipinski definition) is 5. The first-order valence-electron chi connectivity index (χ1n) is 10.3. The highest BCUT2D eigenvalue weighted by Gasteiger charge is 2.21. The Balaban J connectivity index is 1.26. The van der Waals surface area contributed by atoms with Crippen LogP contribution in [-0.4, -0.2) is 80.6 Å². The average Bonchev–Trinajstić information content (AvgIpc) is 2.74. The van der Waals surface area contributed by atoms with Gasteiger partial charge in [0.05, 0.1) is 13.2 Å². The molecule has 2 aliphatic rings. The molecule has 0 unspecified atom stereocenters. The number of piperidine rings is 1. The van der Waals surface area contributed by atoms with E-state index in [1.165, 1.54) is 5.56 Å². The lowest BCUT2D eigenvalue weighted by molar-refractivity contribution is -0.139. The van der Waals surface area contributed by atoms with Crippen molar-refractivity contribution >= 4 is 11.8 Å². The zero-order valence-electron chi connectivity index (χ0n) is 16.6. The Morgan fingerprint density at radius 3 is 2.32 bits per heavy atom. The van der Waals surface area contributed by atoms with Gasteiger partial charge in [0.1, 0.15) is 0 Å². The number of amides is 2. The summed E-state index contributed by atoms with van der Waals surface area (Å²) in [5.41, 5.74) is 1.34. The van der Waals surface area contributed by atoms with Gasteiger partial charge < -0.3 is 15.4 Å². The van der Waals surface area contributed by atoms with Crippen molar-refractivity contribution in [3.8, 4) is 0 Å². The van der Waals surface area contributed by atoms with Gasteiger partial charge in [0, 0.05) is 39.3 Å². The first-order chi connectivity index (χ1) is 13.7. The minimum Gasteiger partial charge on any atom is -0.379 e. The summed E-state index contributed by atoms with van der Waals surface area (Å²) in [7, 11) is 0. The second kappa shape index (κ2) is 11.1. The van der Waals surface area contributed by atoms with E-state index in [9.17, 15) is 9.59 Å². The van der Waals surface area contributed by atoms with Crippen LogP contribution in [0.4, 0.5) is 0 Å². The normalized spacial score (nSPS) is 19.3. The zero-order valence-corrected chi connectivity index (χ0v) is 16.6. The van der Waals surface area contributed by atoms with Gasteiger partial charge in [-0.15, -0.1) is 0 Å². The average molecular weight is 389 g/mol. The molecule has 2 amide bonds. The van der Waals surface area contributed by atoms with Crippen LogP contribution in [0.2, 0.25) is 0 Å². The molecule has 2 aliphatic heterocycles. The summed E-state index contributed by atoms with van der Waals surface area (Å²) in [5, 5.41) is 5.51. The maximum atomic E-state index is 12.0. The summed E-state index contributed by atoms with van der Waals surface area (Å²) in [4.78, 5) is 28.6. The molecule has 0 bridgehead atoms. The number of carbonyl (C=O) groups is 2. The zero-order chi connectivity index (χ0) is 19.6. The summed E-state index contributed by atoms with van der Waals surface area (Å²) in [5.74, 6) is -0.611. The molecule has 0 spiro atoms. The largest absolute Gasteiger partial charge is 0.379 e. The Morgan fingerprint density at radius 2 is 1.61 bits per heavy atom. The summed E-state index contributed by atoms with van der Waals surface area (Å²) in [6.45, 7) is 8.09. The molecule has 0 atom stereocenters. The Labute approximate surface area is 167 Å². The standard InChI is InChI=1S/C21H32N4O3/c26-20(22-8-11-24-12-14-28-15-13-24)21(27)23-16-18-6-9-25(10-7-18)17-19-4-2-1-3-5-19/h1-5,18H,6-17H2,(H,22,26)(H,23,27). The number of nitrogens with zero attached hydrogens (tertiary/aromatic N) is 2. The second-order valence-corrected chi connectivity index (χ2v) is 7.63. The van der Waals surface area contributed by atoms with E-state index in [4.69, 9.17) is 4.74 Å². The van der Waals surface area contributed by atoms with Gasteiger partial charge in [-0.2, -0.15) is 0 Å². The van der Waals surface area contributed by atoms with E-state index >= 15 is 0 Å². The Morgan fingerprint density at radius 1 is 0.929 bits per heavy atom. The van der Waals surface area contributed by atoms with E-state index in [2.05, 4.69) is 44.7 Å². The van der Waals surface area contributed by atoms with Crippen molar-refractivity contribution in [2.75, 3.05) is 59.0 Å². The number of carbonyl (C=O) groups excluding carboxylic acids is 2. The third-order valence-electron chi connectivity index (χ3n) is 5.53. The van der Waals surface area contributed by atoms with Gasteiger partial charge >= 0.3 is 11.8 Å².